The molecular weight excluding hydrogens is 384 g/mol. The van der Waals surface area contributed by atoms with Gasteiger partial charge in [0.25, 0.3) is 15.2 Å². The summed E-state index contributed by atoms with van der Waals surface area (Å²) in [5, 5.41) is 12.9. The number of hydrogen-bond acceptors (Lipinski definition) is 5. The van der Waals surface area contributed by atoms with Crippen molar-refractivity contribution in [2.45, 2.75) is 11.7 Å². The van der Waals surface area contributed by atoms with Gasteiger partial charge in [0.2, 0.25) is 0 Å². The van der Waals surface area contributed by atoms with Crippen molar-refractivity contribution >= 4 is 37.6 Å². The summed E-state index contributed by atoms with van der Waals surface area (Å²) < 4.78 is 30.2. The molecule has 21 heavy (non-hydrogen) atoms. The Bertz CT molecular complexity index is 743. The smallest absolute Gasteiger partial charge is 0.273 e. The minimum atomic E-state index is -3.98. The van der Waals surface area contributed by atoms with Crippen molar-refractivity contribution in [3.63, 3.8) is 0 Å². The van der Waals surface area contributed by atoms with Crippen LogP contribution in [0.4, 0.5) is 0 Å². The van der Waals surface area contributed by atoms with Gasteiger partial charge in [0.05, 0.1) is 13.2 Å². The van der Waals surface area contributed by atoms with E-state index in [-0.39, 0.29) is 18.3 Å². The largest absolute Gasteiger partial charge is 0.383 e. The summed E-state index contributed by atoms with van der Waals surface area (Å²) >= 11 is 9.32. The van der Waals surface area contributed by atoms with E-state index in [0.29, 0.717) is 16.4 Å². The van der Waals surface area contributed by atoms with Crippen LogP contribution in [0.5, 0.6) is 0 Å². The van der Waals surface area contributed by atoms with E-state index in [4.69, 9.17) is 21.5 Å². The predicted octanol–water partition coefficient (Wildman–Crippen LogP) is 1.65. The summed E-state index contributed by atoms with van der Waals surface area (Å²) in [6, 6.07) is 5.13. The summed E-state index contributed by atoms with van der Waals surface area (Å²) in [6.07, 6.45) is 0. The van der Waals surface area contributed by atoms with Gasteiger partial charge in [0.15, 0.2) is 5.82 Å². The van der Waals surface area contributed by atoms with Crippen molar-refractivity contribution in [3.05, 3.63) is 27.7 Å². The highest BCUT2D eigenvalue weighted by Gasteiger charge is 2.22. The Morgan fingerprint density at radius 2 is 2.10 bits per heavy atom. The van der Waals surface area contributed by atoms with Gasteiger partial charge in [0, 0.05) is 22.2 Å². The molecule has 0 aliphatic rings. The summed E-state index contributed by atoms with van der Waals surface area (Å²) in [6.45, 7) is 0.532. The van der Waals surface area contributed by atoms with Crippen LogP contribution in [0.3, 0.4) is 0 Å². The lowest BCUT2D eigenvalue weighted by Gasteiger charge is -2.09. The molecule has 1 aromatic heterocycles. The Balaban J connectivity index is 2.60. The van der Waals surface area contributed by atoms with Crippen LogP contribution in [0.25, 0.3) is 11.4 Å². The first kappa shape index (κ1) is 16.4. The van der Waals surface area contributed by atoms with Gasteiger partial charge in [-0.1, -0.05) is 27.5 Å². The van der Waals surface area contributed by atoms with Crippen LogP contribution in [0, 0.1) is 0 Å². The molecule has 1 aromatic carbocycles. The number of nitrogens with zero attached hydrogens (tertiary/aromatic N) is 3. The van der Waals surface area contributed by atoms with Crippen molar-refractivity contribution in [1.82, 2.24) is 14.8 Å². The maximum Gasteiger partial charge on any atom is 0.273 e. The number of hydrogen-bond donors (Lipinski definition) is 1. The fourth-order valence-corrected chi connectivity index (χ4v) is 3.28. The molecule has 2 N–H and O–H groups in total. The molecule has 2 aromatic rings. The van der Waals surface area contributed by atoms with E-state index < -0.39 is 10.0 Å². The molecule has 0 aliphatic carbocycles. The van der Waals surface area contributed by atoms with Gasteiger partial charge < -0.3 is 4.74 Å². The molecule has 0 saturated heterocycles. The fourth-order valence-electron chi connectivity index (χ4n) is 1.78. The summed E-state index contributed by atoms with van der Waals surface area (Å²) in [4.78, 5) is 0. The Kier molecular flexibility index (Phi) is 4.99. The zero-order valence-electron chi connectivity index (χ0n) is 11.0. The zero-order valence-corrected chi connectivity index (χ0v) is 14.1. The van der Waals surface area contributed by atoms with Crippen LogP contribution in [-0.2, 0) is 21.3 Å². The molecule has 0 amide bonds. The van der Waals surface area contributed by atoms with E-state index in [2.05, 4.69) is 26.1 Å². The lowest BCUT2D eigenvalue weighted by atomic mass is 10.2. The molecular formula is C11H12BrClN4O3S. The molecule has 0 radical (unpaired) electrons. The standard InChI is InChI=1S/C11H12BrClN4O3S/c1-20-3-2-17-10(15-16-11(17)21(14,18)19)7-4-8(12)6-9(13)5-7/h4-6H,2-3H2,1H3,(H2,14,18,19). The minimum absolute atomic E-state index is 0.245. The van der Waals surface area contributed by atoms with Gasteiger partial charge in [-0.2, -0.15) is 0 Å². The summed E-state index contributed by atoms with van der Waals surface area (Å²) in [7, 11) is -2.47. The van der Waals surface area contributed by atoms with Crippen molar-refractivity contribution in [1.29, 1.82) is 0 Å². The van der Waals surface area contributed by atoms with Gasteiger partial charge in [-0.25, -0.2) is 13.6 Å². The van der Waals surface area contributed by atoms with Gasteiger partial charge in [0.1, 0.15) is 0 Å². The van der Waals surface area contributed by atoms with E-state index in [9.17, 15) is 8.42 Å². The molecule has 0 bridgehead atoms. The maximum absolute atomic E-state index is 11.6. The first-order chi connectivity index (χ1) is 9.82. The average Bonchev–Trinajstić information content (AvgIpc) is 2.78. The molecule has 0 aliphatic heterocycles. The highest BCUT2D eigenvalue weighted by molar-refractivity contribution is 9.10. The maximum atomic E-state index is 11.6. The Labute approximate surface area is 135 Å². The molecule has 0 atom stereocenters. The number of rotatable bonds is 5. The molecule has 114 valence electrons. The average molecular weight is 396 g/mol. The summed E-state index contributed by atoms with van der Waals surface area (Å²) in [5.41, 5.74) is 0.618. The molecule has 10 heteroatoms. The van der Waals surface area contributed by atoms with Gasteiger partial charge in [-0.05, 0) is 18.2 Å². The first-order valence-electron chi connectivity index (χ1n) is 5.74. The van der Waals surface area contributed by atoms with Crippen molar-refractivity contribution in [3.8, 4) is 11.4 Å². The second kappa shape index (κ2) is 6.41. The van der Waals surface area contributed by atoms with Crippen LogP contribution in [-0.4, -0.2) is 36.9 Å². The van der Waals surface area contributed by atoms with Gasteiger partial charge in [-0.15, -0.1) is 10.2 Å². The van der Waals surface area contributed by atoms with Crippen molar-refractivity contribution in [2.24, 2.45) is 5.14 Å². The van der Waals surface area contributed by atoms with E-state index in [1.54, 1.807) is 18.2 Å². The van der Waals surface area contributed by atoms with Crippen LogP contribution in [0.15, 0.2) is 27.8 Å². The molecule has 7 nitrogen and oxygen atoms in total. The monoisotopic (exact) mass is 394 g/mol. The molecule has 0 saturated carbocycles. The third-order valence-electron chi connectivity index (χ3n) is 2.61. The van der Waals surface area contributed by atoms with Crippen molar-refractivity contribution < 1.29 is 13.2 Å². The highest BCUT2D eigenvalue weighted by atomic mass is 79.9. The third-order valence-corrected chi connectivity index (χ3v) is 4.10. The Morgan fingerprint density at radius 3 is 2.67 bits per heavy atom. The zero-order chi connectivity index (χ0) is 15.6. The van der Waals surface area contributed by atoms with Crippen LogP contribution in [0.1, 0.15) is 0 Å². The molecule has 0 spiro atoms. The lowest BCUT2D eigenvalue weighted by Crippen LogP contribution is -2.20. The highest BCUT2D eigenvalue weighted by Crippen LogP contribution is 2.27. The number of aromatic nitrogens is 3. The second-order valence-electron chi connectivity index (χ2n) is 4.15. The quantitative estimate of drug-likeness (QED) is 0.830. The topological polar surface area (TPSA) is 100 Å². The minimum Gasteiger partial charge on any atom is -0.383 e. The van der Waals surface area contributed by atoms with E-state index >= 15 is 0 Å². The number of methoxy groups -OCH3 is 1. The van der Waals surface area contributed by atoms with E-state index in [1.807, 2.05) is 0 Å². The lowest BCUT2D eigenvalue weighted by molar-refractivity contribution is 0.185. The van der Waals surface area contributed by atoms with Gasteiger partial charge in [-0.3, -0.25) is 4.57 Å². The number of benzene rings is 1. The van der Waals surface area contributed by atoms with Crippen LogP contribution in [0.2, 0.25) is 5.02 Å². The molecule has 0 unspecified atom stereocenters. The number of ether oxygens (including phenoxy) is 1. The predicted molar refractivity (Wildman–Crippen MR) is 81.4 cm³/mol. The van der Waals surface area contributed by atoms with Crippen LogP contribution < -0.4 is 5.14 Å². The molecule has 1 heterocycles. The van der Waals surface area contributed by atoms with E-state index in [1.165, 1.54) is 11.7 Å². The van der Waals surface area contributed by atoms with Gasteiger partial charge >= 0.3 is 0 Å². The van der Waals surface area contributed by atoms with Crippen LogP contribution >= 0.6 is 27.5 Å². The molecule has 0 fully saturated rings. The third kappa shape index (κ3) is 3.80. The number of halogens is 2. The molecule has 2 rings (SSSR count). The number of sulfonamides is 1. The SMILES string of the molecule is COCCn1c(-c2cc(Cl)cc(Br)c2)nnc1S(N)(=O)=O. The number of nitrogens with two attached hydrogens (primary N) is 1. The second-order valence-corrected chi connectivity index (χ2v) is 6.96. The normalized spacial score (nSPS) is 11.8. The first-order valence-corrected chi connectivity index (χ1v) is 8.46. The Hall–Kier alpha value is -1.00. The van der Waals surface area contributed by atoms with E-state index in [0.717, 1.165) is 4.47 Å². The Morgan fingerprint density at radius 1 is 1.38 bits per heavy atom. The fraction of sp³-hybridized carbons (Fsp3) is 0.273. The van der Waals surface area contributed by atoms with Crippen molar-refractivity contribution in [2.75, 3.05) is 13.7 Å². The summed E-state index contributed by atoms with van der Waals surface area (Å²) in [5.74, 6) is 0.347. The number of primary sulfonamides is 1.